The fourth-order valence-corrected chi connectivity index (χ4v) is 3.72. The number of nitrogens with one attached hydrogen (secondary N) is 1. The summed E-state index contributed by atoms with van der Waals surface area (Å²) in [6.07, 6.45) is 0. The fraction of sp³-hybridized carbons (Fsp3) is 0.500. The highest BCUT2D eigenvalue weighted by Crippen LogP contribution is 2.75. The molecule has 1 amide bonds. The molecular weight excluding hydrogens is 340 g/mol. The maximum atomic E-state index is 12.4. The Bertz CT molecular complexity index is 525. The van der Waals surface area contributed by atoms with Gasteiger partial charge in [-0.05, 0) is 24.6 Å². The summed E-state index contributed by atoms with van der Waals surface area (Å²) in [6.45, 7) is 5.40. The first kappa shape index (κ1) is 16.2. The lowest BCUT2D eigenvalue weighted by molar-refractivity contribution is -0.122. The average Bonchev–Trinajstić information content (AvgIpc) is 2.68. The van der Waals surface area contributed by atoms with Gasteiger partial charge in [0.05, 0.1) is 6.04 Å². The molecule has 0 radical (unpaired) electrons. The van der Waals surface area contributed by atoms with Gasteiger partial charge in [-0.2, -0.15) is 0 Å². The minimum atomic E-state index is -1.32. The molecule has 0 heterocycles. The van der Waals surface area contributed by atoms with Gasteiger partial charge in [-0.15, -0.1) is 11.6 Å². The van der Waals surface area contributed by atoms with Gasteiger partial charge in [0, 0.05) is 10.4 Å². The number of rotatable bonds is 3. The van der Waals surface area contributed by atoms with Crippen molar-refractivity contribution < 1.29 is 4.79 Å². The first-order chi connectivity index (χ1) is 9.05. The second kappa shape index (κ2) is 4.95. The highest BCUT2D eigenvalue weighted by molar-refractivity contribution is 6.63. The van der Waals surface area contributed by atoms with Crippen molar-refractivity contribution in [3.63, 3.8) is 0 Å². The van der Waals surface area contributed by atoms with Crippen molar-refractivity contribution in [2.24, 2.45) is 5.41 Å². The summed E-state index contributed by atoms with van der Waals surface area (Å²) >= 11 is 24.5. The standard InChI is InChI=1S/C14H15Cl4NO/c1-8(9-4-6-10(15)7-5-9)19-11(20)13(16)12(2,3)14(13,17)18/h4-8H,1-3H3,(H,19,20). The maximum absolute atomic E-state index is 12.4. The number of alkyl halides is 3. The number of hydrogen-bond acceptors (Lipinski definition) is 1. The van der Waals surface area contributed by atoms with Gasteiger partial charge in [0.1, 0.15) is 0 Å². The van der Waals surface area contributed by atoms with E-state index in [2.05, 4.69) is 5.32 Å². The smallest absolute Gasteiger partial charge is 0.245 e. The van der Waals surface area contributed by atoms with Crippen molar-refractivity contribution in [3.05, 3.63) is 34.9 Å². The fourth-order valence-electron chi connectivity index (χ4n) is 2.28. The molecule has 2 atom stereocenters. The molecular formula is C14H15Cl4NO. The lowest BCUT2D eigenvalue weighted by atomic mass is 10.1. The quantitative estimate of drug-likeness (QED) is 0.782. The van der Waals surface area contributed by atoms with Crippen LogP contribution < -0.4 is 5.32 Å². The van der Waals surface area contributed by atoms with Crippen LogP contribution in [-0.2, 0) is 4.79 Å². The predicted molar refractivity (Wildman–Crippen MR) is 84.8 cm³/mol. The van der Waals surface area contributed by atoms with Crippen LogP contribution in [0.5, 0.6) is 0 Å². The van der Waals surface area contributed by atoms with E-state index in [4.69, 9.17) is 46.4 Å². The summed E-state index contributed by atoms with van der Waals surface area (Å²) in [7, 11) is 0. The largest absolute Gasteiger partial charge is 0.348 e. The molecule has 2 nitrogen and oxygen atoms in total. The Balaban J connectivity index is 2.12. The van der Waals surface area contributed by atoms with Gasteiger partial charge in [-0.1, -0.05) is 60.8 Å². The van der Waals surface area contributed by atoms with E-state index < -0.39 is 14.6 Å². The van der Waals surface area contributed by atoms with Crippen LogP contribution in [0.2, 0.25) is 5.02 Å². The van der Waals surface area contributed by atoms with Crippen LogP contribution >= 0.6 is 46.4 Å². The molecule has 0 spiro atoms. The molecule has 1 aliphatic rings. The molecule has 20 heavy (non-hydrogen) atoms. The van der Waals surface area contributed by atoms with E-state index in [1.54, 1.807) is 26.0 Å². The number of carbonyl (C=O) groups excluding carboxylic acids is 1. The van der Waals surface area contributed by atoms with Crippen molar-refractivity contribution in [1.29, 1.82) is 0 Å². The minimum Gasteiger partial charge on any atom is -0.348 e. The molecule has 1 aliphatic carbocycles. The highest BCUT2D eigenvalue weighted by atomic mass is 35.5. The Labute approximate surface area is 138 Å². The van der Waals surface area contributed by atoms with Crippen LogP contribution in [-0.4, -0.2) is 15.1 Å². The molecule has 1 saturated carbocycles. The zero-order valence-electron chi connectivity index (χ0n) is 11.3. The van der Waals surface area contributed by atoms with Gasteiger partial charge >= 0.3 is 0 Å². The van der Waals surface area contributed by atoms with Crippen molar-refractivity contribution >= 4 is 52.3 Å². The Kier molecular flexibility index (Phi) is 4.01. The number of amides is 1. The Morgan fingerprint density at radius 1 is 1.15 bits per heavy atom. The average molecular weight is 355 g/mol. The molecule has 1 N–H and O–H groups in total. The molecule has 6 heteroatoms. The van der Waals surface area contributed by atoms with Crippen LogP contribution in [0.4, 0.5) is 0 Å². The Hall–Kier alpha value is -0.150. The summed E-state index contributed by atoms with van der Waals surface area (Å²) < 4.78 is -1.27. The van der Waals surface area contributed by atoms with E-state index >= 15 is 0 Å². The highest BCUT2D eigenvalue weighted by Gasteiger charge is 2.85. The molecule has 0 aromatic heterocycles. The van der Waals surface area contributed by atoms with Crippen molar-refractivity contribution in [2.45, 2.75) is 36.0 Å². The van der Waals surface area contributed by atoms with Gasteiger partial charge in [-0.25, -0.2) is 0 Å². The zero-order chi connectivity index (χ0) is 15.3. The Morgan fingerprint density at radius 3 is 2.00 bits per heavy atom. The van der Waals surface area contributed by atoms with Crippen LogP contribution in [0.1, 0.15) is 32.4 Å². The molecule has 0 saturated heterocycles. The van der Waals surface area contributed by atoms with Crippen molar-refractivity contribution in [2.75, 3.05) is 0 Å². The molecule has 0 bridgehead atoms. The van der Waals surface area contributed by atoms with E-state index in [-0.39, 0.29) is 11.9 Å². The normalized spacial score (nSPS) is 27.8. The zero-order valence-corrected chi connectivity index (χ0v) is 14.3. The van der Waals surface area contributed by atoms with Crippen LogP contribution in [0.15, 0.2) is 24.3 Å². The second-order valence-corrected chi connectivity index (χ2v) is 7.94. The third-order valence-electron chi connectivity index (χ3n) is 4.05. The predicted octanol–water partition coefficient (Wildman–Crippen LogP) is 4.71. The van der Waals surface area contributed by atoms with Gasteiger partial charge in [0.2, 0.25) is 5.91 Å². The lowest BCUT2D eigenvalue weighted by Crippen LogP contribution is -2.39. The van der Waals surface area contributed by atoms with Crippen LogP contribution in [0, 0.1) is 5.41 Å². The molecule has 1 aromatic rings. The lowest BCUT2D eigenvalue weighted by Gasteiger charge is -2.18. The number of benzene rings is 1. The third kappa shape index (κ3) is 2.12. The molecule has 1 aromatic carbocycles. The number of halogens is 4. The van der Waals surface area contributed by atoms with Gasteiger partial charge in [0.15, 0.2) is 9.21 Å². The van der Waals surface area contributed by atoms with E-state index in [0.717, 1.165) is 5.56 Å². The molecule has 0 aliphatic heterocycles. The van der Waals surface area contributed by atoms with Crippen LogP contribution in [0.25, 0.3) is 0 Å². The molecule has 2 unspecified atom stereocenters. The van der Waals surface area contributed by atoms with Gasteiger partial charge in [-0.3, -0.25) is 4.79 Å². The second-order valence-electron chi connectivity index (χ2n) is 5.60. The van der Waals surface area contributed by atoms with E-state index in [0.29, 0.717) is 5.02 Å². The SMILES string of the molecule is CC(NC(=O)C1(Cl)C(C)(C)C1(Cl)Cl)c1ccc(Cl)cc1. The first-order valence-corrected chi connectivity index (χ1v) is 7.70. The van der Waals surface area contributed by atoms with Crippen molar-refractivity contribution in [1.82, 2.24) is 5.32 Å². The summed E-state index contributed by atoms with van der Waals surface area (Å²) in [5.74, 6) is -0.364. The maximum Gasteiger partial charge on any atom is 0.245 e. The van der Waals surface area contributed by atoms with Gasteiger partial charge in [0.25, 0.3) is 0 Å². The summed E-state index contributed by atoms with van der Waals surface area (Å²) in [5.41, 5.74) is 0.241. The summed E-state index contributed by atoms with van der Waals surface area (Å²) in [6, 6.07) is 7.02. The monoisotopic (exact) mass is 353 g/mol. The molecule has 1 fully saturated rings. The van der Waals surface area contributed by atoms with E-state index in [9.17, 15) is 4.79 Å². The van der Waals surface area contributed by atoms with Crippen LogP contribution in [0.3, 0.4) is 0 Å². The van der Waals surface area contributed by atoms with E-state index in [1.165, 1.54) is 0 Å². The molecule has 110 valence electrons. The third-order valence-corrected chi connectivity index (χ3v) is 6.93. The summed E-state index contributed by atoms with van der Waals surface area (Å²) in [5, 5.41) is 3.49. The topological polar surface area (TPSA) is 29.1 Å². The number of hydrogen-bond donors (Lipinski definition) is 1. The van der Waals surface area contributed by atoms with Crippen molar-refractivity contribution in [3.8, 4) is 0 Å². The van der Waals surface area contributed by atoms with Gasteiger partial charge < -0.3 is 5.32 Å². The molecule has 2 rings (SSSR count). The number of carbonyl (C=O) groups is 1. The minimum absolute atomic E-state index is 0.212. The summed E-state index contributed by atoms with van der Waals surface area (Å²) in [4.78, 5) is 11.1. The van der Waals surface area contributed by atoms with E-state index in [1.807, 2.05) is 19.1 Å². The first-order valence-electron chi connectivity index (χ1n) is 6.19. The Morgan fingerprint density at radius 2 is 1.60 bits per heavy atom.